The Morgan fingerprint density at radius 3 is 3.05 bits per heavy atom. The third-order valence-corrected chi connectivity index (χ3v) is 2.66. The summed E-state index contributed by atoms with van der Waals surface area (Å²) in [5, 5.41) is 10.0. The molecule has 1 aromatic carbocycles. The van der Waals surface area contributed by atoms with E-state index in [1.54, 1.807) is 6.92 Å². The lowest BCUT2D eigenvalue weighted by Crippen LogP contribution is -2.08. The van der Waals surface area contributed by atoms with Gasteiger partial charge in [-0.3, -0.25) is 9.89 Å². The molecule has 0 saturated heterocycles. The van der Waals surface area contributed by atoms with Gasteiger partial charge in [-0.15, -0.1) is 0 Å². The van der Waals surface area contributed by atoms with Crippen molar-refractivity contribution in [2.75, 3.05) is 11.9 Å². The standard InChI is InChI=1S/C14H18N4O2/c1-3-20-14(19)8-12-16-13(18-17-12)9-15-11-6-4-5-10(2)7-11/h4-7,15H,3,8-9H2,1-2H3,(H,16,17,18). The molecule has 106 valence electrons. The van der Waals surface area contributed by atoms with Crippen LogP contribution < -0.4 is 5.32 Å². The molecule has 0 amide bonds. The Morgan fingerprint density at radius 1 is 1.45 bits per heavy atom. The van der Waals surface area contributed by atoms with Crippen LogP contribution in [0.15, 0.2) is 24.3 Å². The largest absolute Gasteiger partial charge is 0.466 e. The highest BCUT2D eigenvalue weighted by molar-refractivity contribution is 5.71. The van der Waals surface area contributed by atoms with Gasteiger partial charge in [-0.1, -0.05) is 12.1 Å². The Bertz CT molecular complexity index is 580. The molecule has 6 heteroatoms. The molecule has 1 aromatic heterocycles. The highest BCUT2D eigenvalue weighted by atomic mass is 16.5. The highest BCUT2D eigenvalue weighted by Crippen LogP contribution is 2.10. The lowest BCUT2D eigenvalue weighted by molar-refractivity contribution is -0.142. The summed E-state index contributed by atoms with van der Waals surface area (Å²) in [7, 11) is 0. The number of aromatic nitrogens is 3. The van der Waals surface area contributed by atoms with Crippen LogP contribution >= 0.6 is 0 Å². The fourth-order valence-corrected chi connectivity index (χ4v) is 1.77. The molecular weight excluding hydrogens is 256 g/mol. The third-order valence-electron chi connectivity index (χ3n) is 2.66. The van der Waals surface area contributed by atoms with Gasteiger partial charge >= 0.3 is 5.97 Å². The third kappa shape index (κ3) is 4.08. The smallest absolute Gasteiger partial charge is 0.313 e. The predicted octanol–water partition coefficient (Wildman–Crippen LogP) is 1.83. The monoisotopic (exact) mass is 274 g/mol. The van der Waals surface area contributed by atoms with E-state index in [4.69, 9.17) is 4.74 Å². The number of aromatic amines is 1. The van der Waals surface area contributed by atoms with Crippen LogP contribution in [-0.2, 0) is 22.5 Å². The van der Waals surface area contributed by atoms with Crippen molar-refractivity contribution >= 4 is 11.7 Å². The van der Waals surface area contributed by atoms with E-state index in [9.17, 15) is 4.79 Å². The van der Waals surface area contributed by atoms with Crippen LogP contribution in [0.1, 0.15) is 24.1 Å². The molecule has 0 fully saturated rings. The van der Waals surface area contributed by atoms with Gasteiger partial charge in [0, 0.05) is 5.69 Å². The number of anilines is 1. The topological polar surface area (TPSA) is 79.9 Å². The van der Waals surface area contributed by atoms with Gasteiger partial charge in [-0.25, -0.2) is 4.98 Å². The molecule has 0 atom stereocenters. The van der Waals surface area contributed by atoms with E-state index in [0.29, 0.717) is 24.8 Å². The molecule has 0 aliphatic heterocycles. The molecule has 0 aliphatic rings. The normalized spacial score (nSPS) is 10.3. The van der Waals surface area contributed by atoms with E-state index in [-0.39, 0.29) is 12.4 Å². The molecular formula is C14H18N4O2. The van der Waals surface area contributed by atoms with Gasteiger partial charge < -0.3 is 10.1 Å². The second-order valence-electron chi connectivity index (χ2n) is 4.40. The Balaban J connectivity index is 1.88. The molecule has 2 N–H and O–H groups in total. The number of nitrogens with zero attached hydrogens (tertiary/aromatic N) is 2. The minimum Gasteiger partial charge on any atom is -0.466 e. The fourth-order valence-electron chi connectivity index (χ4n) is 1.77. The van der Waals surface area contributed by atoms with Crippen molar-refractivity contribution in [2.45, 2.75) is 26.8 Å². The molecule has 0 aliphatic carbocycles. The minimum atomic E-state index is -0.315. The molecule has 1 heterocycles. The number of rotatable bonds is 6. The van der Waals surface area contributed by atoms with Gasteiger partial charge in [0.25, 0.3) is 0 Å². The maximum atomic E-state index is 11.3. The summed E-state index contributed by atoms with van der Waals surface area (Å²) in [5.41, 5.74) is 2.21. The van der Waals surface area contributed by atoms with Gasteiger partial charge in [-0.2, -0.15) is 5.10 Å². The number of aryl methyl sites for hydroxylation is 1. The first-order chi connectivity index (χ1) is 9.67. The quantitative estimate of drug-likeness (QED) is 0.786. The van der Waals surface area contributed by atoms with Crippen LogP contribution in [0.3, 0.4) is 0 Å². The summed E-state index contributed by atoms with van der Waals surface area (Å²) >= 11 is 0. The number of carbonyl (C=O) groups is 1. The summed E-state index contributed by atoms with van der Waals surface area (Å²) in [6.45, 7) is 4.70. The van der Waals surface area contributed by atoms with Crippen molar-refractivity contribution in [1.29, 1.82) is 0 Å². The number of hydrogen-bond donors (Lipinski definition) is 2. The molecule has 6 nitrogen and oxygen atoms in total. The summed E-state index contributed by atoms with van der Waals surface area (Å²) < 4.78 is 4.85. The maximum absolute atomic E-state index is 11.3. The first kappa shape index (κ1) is 14.0. The van der Waals surface area contributed by atoms with Crippen LogP contribution in [0.4, 0.5) is 5.69 Å². The number of hydrogen-bond acceptors (Lipinski definition) is 5. The zero-order chi connectivity index (χ0) is 14.4. The maximum Gasteiger partial charge on any atom is 0.313 e. The van der Waals surface area contributed by atoms with Gasteiger partial charge in [0.15, 0.2) is 5.82 Å². The Labute approximate surface area is 117 Å². The summed E-state index contributed by atoms with van der Waals surface area (Å²) in [4.78, 5) is 15.5. The fraction of sp³-hybridized carbons (Fsp3) is 0.357. The zero-order valence-electron chi connectivity index (χ0n) is 11.6. The van der Waals surface area contributed by atoms with Crippen LogP contribution in [0, 0.1) is 6.92 Å². The van der Waals surface area contributed by atoms with Crippen molar-refractivity contribution in [3.8, 4) is 0 Å². The van der Waals surface area contributed by atoms with Crippen molar-refractivity contribution in [1.82, 2.24) is 15.2 Å². The van der Waals surface area contributed by atoms with E-state index in [2.05, 4.69) is 26.6 Å². The first-order valence-corrected chi connectivity index (χ1v) is 6.53. The number of carbonyl (C=O) groups excluding carboxylic acids is 1. The van der Waals surface area contributed by atoms with Crippen molar-refractivity contribution in [3.63, 3.8) is 0 Å². The predicted molar refractivity (Wildman–Crippen MR) is 75.2 cm³/mol. The Kier molecular flexibility index (Phi) is 4.70. The summed E-state index contributed by atoms with van der Waals surface area (Å²) in [5.74, 6) is 0.819. The molecule has 2 aromatic rings. The van der Waals surface area contributed by atoms with Crippen molar-refractivity contribution in [2.24, 2.45) is 0 Å². The number of nitrogens with one attached hydrogen (secondary N) is 2. The lowest BCUT2D eigenvalue weighted by atomic mass is 10.2. The van der Waals surface area contributed by atoms with Gasteiger partial charge in [0.1, 0.15) is 12.2 Å². The Hall–Kier alpha value is -2.37. The number of esters is 1. The molecule has 0 radical (unpaired) electrons. The highest BCUT2D eigenvalue weighted by Gasteiger charge is 2.09. The summed E-state index contributed by atoms with van der Waals surface area (Å²) in [6, 6.07) is 8.07. The molecule has 2 rings (SSSR count). The van der Waals surface area contributed by atoms with Crippen LogP contribution in [0.5, 0.6) is 0 Å². The van der Waals surface area contributed by atoms with Crippen molar-refractivity contribution in [3.05, 3.63) is 41.5 Å². The van der Waals surface area contributed by atoms with E-state index < -0.39 is 0 Å². The molecule has 0 unspecified atom stereocenters. The number of H-pyrrole nitrogens is 1. The van der Waals surface area contributed by atoms with E-state index in [0.717, 1.165) is 5.69 Å². The molecule has 0 spiro atoms. The lowest BCUT2D eigenvalue weighted by Gasteiger charge is -2.04. The van der Waals surface area contributed by atoms with Crippen LogP contribution in [-0.4, -0.2) is 27.8 Å². The van der Waals surface area contributed by atoms with Crippen LogP contribution in [0.2, 0.25) is 0 Å². The average molecular weight is 274 g/mol. The van der Waals surface area contributed by atoms with E-state index >= 15 is 0 Å². The zero-order valence-corrected chi connectivity index (χ0v) is 11.6. The average Bonchev–Trinajstić information content (AvgIpc) is 2.84. The Morgan fingerprint density at radius 2 is 2.30 bits per heavy atom. The summed E-state index contributed by atoms with van der Waals surface area (Å²) in [6.07, 6.45) is 0.0920. The number of benzene rings is 1. The second-order valence-corrected chi connectivity index (χ2v) is 4.40. The molecule has 0 bridgehead atoms. The SMILES string of the molecule is CCOC(=O)Cc1n[nH]c(CNc2cccc(C)c2)n1. The van der Waals surface area contributed by atoms with Crippen molar-refractivity contribution < 1.29 is 9.53 Å². The van der Waals surface area contributed by atoms with E-state index in [1.165, 1.54) is 5.56 Å². The van der Waals surface area contributed by atoms with Gasteiger partial charge in [0.05, 0.1) is 13.2 Å². The molecule has 0 saturated carbocycles. The first-order valence-electron chi connectivity index (χ1n) is 6.53. The molecule has 20 heavy (non-hydrogen) atoms. The second kappa shape index (κ2) is 6.70. The minimum absolute atomic E-state index is 0.0920. The van der Waals surface area contributed by atoms with Gasteiger partial charge in [0.2, 0.25) is 0 Å². The number of ether oxygens (including phenoxy) is 1. The van der Waals surface area contributed by atoms with Gasteiger partial charge in [-0.05, 0) is 31.5 Å². The van der Waals surface area contributed by atoms with E-state index in [1.807, 2.05) is 25.1 Å². The van der Waals surface area contributed by atoms with Crippen LogP contribution in [0.25, 0.3) is 0 Å².